The Hall–Kier alpha value is -1.86. The summed E-state index contributed by atoms with van der Waals surface area (Å²) in [6, 6.07) is 0.514. The summed E-state index contributed by atoms with van der Waals surface area (Å²) in [5, 5.41) is 2.97. The number of nitrogens with one attached hydrogen (secondary N) is 1. The van der Waals surface area contributed by atoms with Crippen molar-refractivity contribution in [2.75, 3.05) is 18.0 Å². The van der Waals surface area contributed by atoms with Gasteiger partial charge in [0.2, 0.25) is 5.91 Å². The number of pyridine rings is 1. The highest BCUT2D eigenvalue weighted by atomic mass is 19.4. The molecular weight excluding hydrogens is 314 g/mol. The van der Waals surface area contributed by atoms with Crippen molar-refractivity contribution < 1.29 is 22.4 Å². The minimum absolute atomic E-state index is 0.0388. The lowest BCUT2D eigenvalue weighted by Crippen LogP contribution is -2.45. The Kier molecular flexibility index (Phi) is 4.16. The van der Waals surface area contributed by atoms with Crippen molar-refractivity contribution >= 4 is 11.7 Å². The highest BCUT2D eigenvalue weighted by Crippen LogP contribution is 2.32. The number of hydrogen-bond donors (Lipinski definition) is 1. The molecule has 126 valence electrons. The van der Waals surface area contributed by atoms with Crippen LogP contribution in [0.5, 0.6) is 0 Å². The van der Waals surface area contributed by atoms with Crippen molar-refractivity contribution in [1.82, 2.24) is 10.3 Å². The maximum atomic E-state index is 13.9. The van der Waals surface area contributed by atoms with E-state index >= 15 is 0 Å². The van der Waals surface area contributed by atoms with Gasteiger partial charge in [0.1, 0.15) is 0 Å². The standard InChI is InChI=1S/C15H17F4N3O/c16-12-7-10(15(17,18)19)8-20-13(12)22-5-3-11(4-6-22)21-14(23)9-1-2-9/h7-9,11H,1-6H2,(H,21,23). The predicted molar refractivity (Wildman–Crippen MR) is 75.3 cm³/mol. The third-order valence-electron chi connectivity index (χ3n) is 4.24. The van der Waals surface area contributed by atoms with Crippen LogP contribution in [-0.4, -0.2) is 30.0 Å². The quantitative estimate of drug-likeness (QED) is 0.866. The molecule has 0 atom stereocenters. The first kappa shape index (κ1) is 16.0. The van der Waals surface area contributed by atoms with Crippen LogP contribution in [0.1, 0.15) is 31.2 Å². The van der Waals surface area contributed by atoms with Gasteiger partial charge in [-0.1, -0.05) is 0 Å². The fourth-order valence-corrected chi connectivity index (χ4v) is 2.72. The molecule has 2 fully saturated rings. The molecule has 0 spiro atoms. The summed E-state index contributed by atoms with van der Waals surface area (Å²) < 4.78 is 51.5. The Labute approximate surface area is 130 Å². The first-order valence-electron chi connectivity index (χ1n) is 7.62. The number of anilines is 1. The number of hydrogen-bond acceptors (Lipinski definition) is 3. The van der Waals surface area contributed by atoms with Crippen molar-refractivity contribution in [1.29, 1.82) is 0 Å². The maximum absolute atomic E-state index is 13.9. The second-order valence-electron chi connectivity index (χ2n) is 6.07. The van der Waals surface area contributed by atoms with Gasteiger partial charge in [-0.25, -0.2) is 9.37 Å². The van der Waals surface area contributed by atoms with Crippen LogP contribution >= 0.6 is 0 Å². The van der Waals surface area contributed by atoms with Gasteiger partial charge in [0.15, 0.2) is 11.6 Å². The lowest BCUT2D eigenvalue weighted by atomic mass is 10.0. The molecule has 0 unspecified atom stereocenters. The molecule has 1 aliphatic carbocycles. The highest BCUT2D eigenvalue weighted by molar-refractivity contribution is 5.81. The molecule has 1 saturated heterocycles. The Bertz CT molecular complexity index is 593. The van der Waals surface area contributed by atoms with E-state index in [-0.39, 0.29) is 23.7 Å². The molecule has 1 N–H and O–H groups in total. The van der Waals surface area contributed by atoms with Crippen LogP contribution in [-0.2, 0) is 11.0 Å². The van der Waals surface area contributed by atoms with Crippen LogP contribution in [0.2, 0.25) is 0 Å². The number of carbonyl (C=O) groups is 1. The van der Waals surface area contributed by atoms with Gasteiger partial charge in [-0.2, -0.15) is 13.2 Å². The van der Waals surface area contributed by atoms with Crippen molar-refractivity contribution in [2.45, 2.75) is 37.9 Å². The zero-order valence-corrected chi connectivity index (χ0v) is 12.4. The van der Waals surface area contributed by atoms with E-state index in [1.165, 1.54) is 0 Å². The van der Waals surface area contributed by atoms with Crippen molar-refractivity contribution in [3.8, 4) is 0 Å². The number of aromatic nitrogens is 1. The first-order valence-corrected chi connectivity index (χ1v) is 7.62. The number of nitrogens with zero attached hydrogens (tertiary/aromatic N) is 2. The highest BCUT2D eigenvalue weighted by Gasteiger charge is 2.34. The van der Waals surface area contributed by atoms with E-state index in [0.29, 0.717) is 38.2 Å². The minimum atomic E-state index is -4.60. The SMILES string of the molecule is O=C(NC1CCN(c2ncc(C(F)(F)F)cc2F)CC1)C1CC1. The number of carbonyl (C=O) groups excluding carboxylic acids is 1. The summed E-state index contributed by atoms with van der Waals surface area (Å²) in [7, 11) is 0. The predicted octanol–water partition coefficient (Wildman–Crippen LogP) is 2.73. The van der Waals surface area contributed by atoms with Gasteiger partial charge in [0.05, 0.1) is 5.56 Å². The fourth-order valence-electron chi connectivity index (χ4n) is 2.72. The van der Waals surface area contributed by atoms with E-state index in [9.17, 15) is 22.4 Å². The Morgan fingerprint density at radius 2 is 1.87 bits per heavy atom. The molecule has 2 aliphatic rings. The minimum Gasteiger partial charge on any atom is -0.354 e. The van der Waals surface area contributed by atoms with Gasteiger partial charge in [-0.05, 0) is 31.7 Å². The molecule has 0 bridgehead atoms. The van der Waals surface area contributed by atoms with Gasteiger partial charge < -0.3 is 10.2 Å². The van der Waals surface area contributed by atoms with Gasteiger partial charge in [-0.15, -0.1) is 0 Å². The third kappa shape index (κ3) is 3.73. The molecule has 1 aliphatic heterocycles. The molecule has 4 nitrogen and oxygen atoms in total. The number of halogens is 4. The van der Waals surface area contributed by atoms with E-state index in [1.54, 1.807) is 4.90 Å². The van der Waals surface area contributed by atoms with Crippen molar-refractivity contribution in [3.63, 3.8) is 0 Å². The molecule has 1 amide bonds. The monoisotopic (exact) mass is 331 g/mol. The summed E-state index contributed by atoms with van der Waals surface area (Å²) in [5.41, 5.74) is -1.09. The van der Waals surface area contributed by atoms with E-state index in [4.69, 9.17) is 0 Å². The Morgan fingerprint density at radius 1 is 1.22 bits per heavy atom. The summed E-state index contributed by atoms with van der Waals surface area (Å²) >= 11 is 0. The van der Waals surface area contributed by atoms with E-state index in [1.807, 2.05) is 0 Å². The summed E-state index contributed by atoms with van der Waals surface area (Å²) in [6.45, 7) is 0.899. The van der Waals surface area contributed by atoms with Gasteiger partial charge in [0, 0.05) is 31.2 Å². The second-order valence-corrected chi connectivity index (χ2v) is 6.07. The average molecular weight is 331 g/mol. The molecule has 1 aromatic rings. The Balaban J connectivity index is 1.60. The number of amides is 1. The van der Waals surface area contributed by atoms with Gasteiger partial charge >= 0.3 is 6.18 Å². The second kappa shape index (κ2) is 5.98. The first-order chi connectivity index (χ1) is 10.8. The Morgan fingerprint density at radius 3 is 2.39 bits per heavy atom. The number of rotatable bonds is 3. The van der Waals surface area contributed by atoms with Crippen molar-refractivity contribution in [2.24, 2.45) is 5.92 Å². The topological polar surface area (TPSA) is 45.2 Å². The maximum Gasteiger partial charge on any atom is 0.417 e. The normalized spacial score (nSPS) is 19.7. The fraction of sp³-hybridized carbons (Fsp3) is 0.600. The molecule has 2 heterocycles. The van der Waals surface area contributed by atoms with Crippen LogP contribution in [0.25, 0.3) is 0 Å². The van der Waals surface area contributed by atoms with E-state index in [0.717, 1.165) is 12.8 Å². The van der Waals surface area contributed by atoms with Crippen LogP contribution in [0, 0.1) is 11.7 Å². The molecule has 8 heteroatoms. The van der Waals surface area contributed by atoms with Crippen LogP contribution in [0.4, 0.5) is 23.4 Å². The summed E-state index contributed by atoms with van der Waals surface area (Å²) in [4.78, 5) is 17.0. The number of piperidine rings is 1. The van der Waals surface area contributed by atoms with Crippen LogP contribution < -0.4 is 10.2 Å². The van der Waals surface area contributed by atoms with Crippen molar-refractivity contribution in [3.05, 3.63) is 23.6 Å². The van der Waals surface area contributed by atoms with Crippen LogP contribution in [0.3, 0.4) is 0 Å². The van der Waals surface area contributed by atoms with Gasteiger partial charge in [-0.3, -0.25) is 4.79 Å². The zero-order chi connectivity index (χ0) is 16.6. The van der Waals surface area contributed by atoms with E-state index < -0.39 is 17.6 Å². The largest absolute Gasteiger partial charge is 0.417 e. The molecule has 1 aromatic heterocycles. The molecule has 23 heavy (non-hydrogen) atoms. The lowest BCUT2D eigenvalue weighted by molar-refractivity contribution is -0.138. The number of alkyl halides is 3. The zero-order valence-electron chi connectivity index (χ0n) is 12.4. The molecule has 3 rings (SSSR count). The molecule has 1 saturated carbocycles. The summed E-state index contributed by atoms with van der Waals surface area (Å²) in [5.74, 6) is -0.824. The smallest absolute Gasteiger partial charge is 0.354 e. The molecule has 0 aromatic carbocycles. The van der Waals surface area contributed by atoms with Crippen LogP contribution in [0.15, 0.2) is 12.3 Å². The third-order valence-corrected chi connectivity index (χ3v) is 4.24. The van der Waals surface area contributed by atoms with Gasteiger partial charge in [0.25, 0.3) is 0 Å². The average Bonchev–Trinajstić information content (AvgIpc) is 3.32. The molecule has 0 radical (unpaired) electrons. The lowest BCUT2D eigenvalue weighted by Gasteiger charge is -2.33. The summed E-state index contributed by atoms with van der Waals surface area (Å²) in [6.07, 6.45) is -0.830. The van der Waals surface area contributed by atoms with E-state index in [2.05, 4.69) is 10.3 Å². The molecular formula is C15H17F4N3O.